The van der Waals surface area contributed by atoms with Gasteiger partial charge in [0, 0.05) is 18.8 Å². The molecule has 9 atom stereocenters. The number of aliphatic imine (C=N–C) groups is 1. The molecule has 296 valence electrons. The minimum Gasteiger partial charge on any atom is -0.508 e. The molecule has 56 heavy (non-hydrogen) atoms. The third-order valence-electron chi connectivity index (χ3n) is 10.3. The van der Waals surface area contributed by atoms with Crippen molar-refractivity contribution in [2.75, 3.05) is 13.1 Å². The fourth-order valence-electron chi connectivity index (χ4n) is 7.00. The molecule has 3 aromatic carbocycles. The largest absolute Gasteiger partial charge is 0.508 e. The first kappa shape index (κ1) is 40.1. The smallest absolute Gasteiger partial charge is 0.335 e. The zero-order chi connectivity index (χ0) is 40.1. The molecule has 1 saturated heterocycles. The van der Waals surface area contributed by atoms with Crippen LogP contribution in [0.4, 0.5) is 0 Å². The second-order valence-corrected chi connectivity index (χ2v) is 14.1. The van der Waals surface area contributed by atoms with Crippen molar-refractivity contribution in [3.8, 4) is 17.2 Å². The third-order valence-corrected chi connectivity index (χ3v) is 10.3. The van der Waals surface area contributed by atoms with Crippen molar-refractivity contribution in [1.82, 2.24) is 5.32 Å². The van der Waals surface area contributed by atoms with E-state index in [1.165, 1.54) is 42.5 Å². The second kappa shape index (κ2) is 17.1. The molecule has 0 radical (unpaired) electrons. The standard InChI is InChI=1S/C41H45N3O12/c1-22(6-5-9-23-7-3-2-4-8-23)26(18-24-16-17-43-20-24)21-44-39(52)41(53)36(48)33(47)35(38(50)51)56-40(41)54-28-14-15-29-30(19-28)55-34(37(42)49)31(32(29)46)25-10-12-27(45)13-11-25/h2-5,7-16,19-20,22,26,33-36,39-40,44-48,52-53H,6,17-18,21H2,1H3,(H2,42,49)(H,50,51)/b9-5+/t22-,26+,33-,34?,35+,36+,39-,40-,41+/m1/s1. The Morgan fingerprint density at radius 2 is 1.82 bits per heavy atom. The maximum Gasteiger partial charge on any atom is 0.335 e. The predicted octanol–water partition coefficient (Wildman–Crippen LogP) is 2.37. The number of aliphatic hydroxyl groups excluding tert-OH is 4. The number of phenols is 1. The molecule has 0 bridgehead atoms. The van der Waals surface area contributed by atoms with Crippen LogP contribution in [-0.4, -0.2) is 109 Å². The summed E-state index contributed by atoms with van der Waals surface area (Å²) in [7, 11) is 0. The number of nitrogens with two attached hydrogens (primary N) is 1. The van der Waals surface area contributed by atoms with Crippen molar-refractivity contribution >= 4 is 35.5 Å². The number of benzene rings is 3. The zero-order valence-corrected chi connectivity index (χ0v) is 30.4. The lowest BCUT2D eigenvalue weighted by molar-refractivity contribution is -0.338. The number of aliphatic hydroxyl groups is 5. The van der Waals surface area contributed by atoms with Crippen LogP contribution in [0, 0.1) is 11.8 Å². The number of rotatable bonds is 15. The molecular weight excluding hydrogens is 726 g/mol. The van der Waals surface area contributed by atoms with Gasteiger partial charge in [0.15, 0.2) is 11.7 Å². The van der Waals surface area contributed by atoms with Gasteiger partial charge in [-0.15, -0.1) is 0 Å². The van der Waals surface area contributed by atoms with Crippen LogP contribution < -0.4 is 20.5 Å². The summed E-state index contributed by atoms with van der Waals surface area (Å²) in [6.45, 7) is 2.70. The number of carbonyl (C=O) groups excluding carboxylic acids is 1. The van der Waals surface area contributed by atoms with Gasteiger partial charge in [-0.05, 0) is 65.6 Å². The topological polar surface area (TPSA) is 254 Å². The fourth-order valence-corrected chi connectivity index (χ4v) is 7.00. The molecule has 6 rings (SSSR count). The van der Waals surface area contributed by atoms with Crippen molar-refractivity contribution in [3.05, 3.63) is 107 Å². The van der Waals surface area contributed by atoms with Crippen molar-refractivity contribution in [2.24, 2.45) is 22.6 Å². The Labute approximate surface area is 322 Å². The van der Waals surface area contributed by atoms with E-state index in [1.807, 2.05) is 49.4 Å². The molecule has 0 saturated carbocycles. The Morgan fingerprint density at radius 3 is 2.48 bits per heavy atom. The lowest BCUT2D eigenvalue weighted by atomic mass is 9.83. The van der Waals surface area contributed by atoms with Crippen molar-refractivity contribution < 1.29 is 59.5 Å². The first-order valence-electron chi connectivity index (χ1n) is 18.1. The molecule has 1 fully saturated rings. The summed E-state index contributed by atoms with van der Waals surface area (Å²) in [5.74, 6) is -3.38. The van der Waals surface area contributed by atoms with Crippen LogP contribution in [0.25, 0.3) is 17.4 Å². The number of hydrogen-bond acceptors (Lipinski definition) is 13. The zero-order valence-electron chi connectivity index (χ0n) is 30.4. The van der Waals surface area contributed by atoms with Crippen LogP contribution in [0.1, 0.15) is 36.5 Å². The number of hydrogen-bond donors (Lipinski definition) is 9. The summed E-state index contributed by atoms with van der Waals surface area (Å²) in [6.07, 6.45) is -3.11. The first-order chi connectivity index (χ1) is 26.8. The van der Waals surface area contributed by atoms with Gasteiger partial charge in [-0.2, -0.15) is 0 Å². The van der Waals surface area contributed by atoms with Gasteiger partial charge in [-0.25, -0.2) is 4.79 Å². The molecule has 1 amide bonds. The van der Waals surface area contributed by atoms with Gasteiger partial charge in [-0.1, -0.05) is 67.6 Å². The van der Waals surface area contributed by atoms with E-state index in [0.717, 1.165) is 11.1 Å². The average molecular weight is 772 g/mol. The Morgan fingerprint density at radius 1 is 1.09 bits per heavy atom. The molecule has 1 unspecified atom stereocenters. The summed E-state index contributed by atoms with van der Waals surface area (Å²) in [4.78, 5) is 28.9. The van der Waals surface area contributed by atoms with E-state index in [1.54, 1.807) is 6.21 Å². The summed E-state index contributed by atoms with van der Waals surface area (Å²) in [5, 5.41) is 79.2. The normalized spacial score (nSPS) is 26.2. The number of aromatic hydroxyl groups is 1. The number of nitrogens with one attached hydrogen (secondary N) is 1. The minimum atomic E-state index is -2.86. The number of amides is 1. The van der Waals surface area contributed by atoms with E-state index in [4.69, 9.17) is 19.9 Å². The van der Waals surface area contributed by atoms with Gasteiger partial charge >= 0.3 is 5.97 Å². The van der Waals surface area contributed by atoms with E-state index in [-0.39, 0.29) is 52.5 Å². The molecule has 3 aromatic rings. The van der Waals surface area contributed by atoms with E-state index in [9.17, 15) is 45.3 Å². The highest BCUT2D eigenvalue weighted by atomic mass is 16.7. The lowest BCUT2D eigenvalue weighted by Crippen LogP contribution is -2.75. The minimum absolute atomic E-state index is 0.0376. The average Bonchev–Trinajstić information content (AvgIpc) is 3.70. The Bertz CT molecular complexity index is 2020. The fraction of sp³-hybridized carbons (Fsp3) is 0.341. The summed E-state index contributed by atoms with van der Waals surface area (Å²) < 4.78 is 17.3. The second-order valence-electron chi connectivity index (χ2n) is 14.1. The van der Waals surface area contributed by atoms with Gasteiger partial charge < -0.3 is 55.7 Å². The molecule has 0 aliphatic carbocycles. The molecule has 15 nitrogen and oxygen atoms in total. The van der Waals surface area contributed by atoms with Gasteiger partial charge in [0.1, 0.15) is 41.4 Å². The lowest BCUT2D eigenvalue weighted by Gasteiger charge is -2.48. The molecule has 3 aliphatic rings. The van der Waals surface area contributed by atoms with Crippen LogP contribution in [0.2, 0.25) is 0 Å². The number of ether oxygens (including phenoxy) is 3. The maximum absolute atomic E-state index is 12.5. The highest BCUT2D eigenvalue weighted by molar-refractivity contribution is 6.03. The number of nitrogens with zero attached hydrogens (tertiary/aromatic N) is 1. The monoisotopic (exact) mass is 771 g/mol. The number of allylic oxidation sites excluding steroid dienone is 2. The summed E-state index contributed by atoms with van der Waals surface area (Å²) in [5.41, 5.74) is 5.31. The number of carboxylic acids is 1. The number of carboxylic acid groups (broad SMARTS) is 1. The van der Waals surface area contributed by atoms with Gasteiger partial charge in [0.05, 0.1) is 17.7 Å². The molecule has 3 heterocycles. The molecule has 3 aliphatic heterocycles. The van der Waals surface area contributed by atoms with Gasteiger partial charge in [0.25, 0.3) is 5.91 Å². The third kappa shape index (κ3) is 8.48. The highest BCUT2D eigenvalue weighted by Crippen LogP contribution is 2.42. The van der Waals surface area contributed by atoms with Crippen molar-refractivity contribution in [1.29, 1.82) is 0 Å². The van der Waals surface area contributed by atoms with Crippen molar-refractivity contribution in [2.45, 2.75) is 62.3 Å². The molecule has 15 heteroatoms. The number of primary amides is 1. The van der Waals surface area contributed by atoms with E-state index >= 15 is 0 Å². The number of fused-ring (bicyclic) bond motifs is 1. The highest BCUT2D eigenvalue weighted by Gasteiger charge is 2.62. The molecule has 10 N–H and O–H groups in total. The number of carbonyl (C=O) groups is 2. The molecule has 0 spiro atoms. The quantitative estimate of drug-likeness (QED) is 0.101. The van der Waals surface area contributed by atoms with Gasteiger partial charge in [-0.3, -0.25) is 15.1 Å². The van der Waals surface area contributed by atoms with Crippen LogP contribution in [0.15, 0.2) is 95.5 Å². The van der Waals surface area contributed by atoms with Gasteiger partial charge in [0.2, 0.25) is 12.4 Å². The number of phenolic OH excluding ortho intramolecular Hbond substituents is 1. The Hall–Kier alpha value is -5.55. The first-order valence-corrected chi connectivity index (χ1v) is 18.1. The molecular formula is C41H45N3O12. The summed E-state index contributed by atoms with van der Waals surface area (Å²) >= 11 is 0. The van der Waals surface area contributed by atoms with Crippen LogP contribution in [0.5, 0.6) is 17.2 Å². The molecule has 0 aromatic heterocycles. The summed E-state index contributed by atoms with van der Waals surface area (Å²) in [6, 6.07) is 19.3. The van der Waals surface area contributed by atoms with Crippen LogP contribution >= 0.6 is 0 Å². The Kier molecular flexibility index (Phi) is 12.2. The van der Waals surface area contributed by atoms with Crippen LogP contribution in [-0.2, 0) is 14.3 Å². The predicted molar refractivity (Wildman–Crippen MR) is 204 cm³/mol. The van der Waals surface area contributed by atoms with Crippen LogP contribution in [0.3, 0.4) is 0 Å². The van der Waals surface area contributed by atoms with E-state index < -0.39 is 54.4 Å². The SMILES string of the molecule is C[C@H](C/C=C/c1ccccc1)[C@H](CN[C@H](O)[C@]1(O)[C@H](Oc2ccc3c(c2)OC(C(N)=O)C(c2ccc(O)cc2)=C3O)O[C@H](C(=O)O)[C@@H](O)[C@@H]1O)CC1=CCN=C1. The Balaban J connectivity index is 1.25. The number of aliphatic carboxylic acids is 1. The maximum atomic E-state index is 12.5. The van der Waals surface area contributed by atoms with Crippen molar-refractivity contribution in [3.63, 3.8) is 0 Å². The van der Waals surface area contributed by atoms with E-state index in [2.05, 4.69) is 16.4 Å². The van der Waals surface area contributed by atoms with E-state index in [0.29, 0.717) is 24.9 Å².